The first kappa shape index (κ1) is 23.5. The molecule has 0 aliphatic heterocycles. The Morgan fingerprint density at radius 2 is 1.87 bits per heavy atom. The maximum absolute atomic E-state index is 12.8. The Balaban J connectivity index is 1.19. The van der Waals surface area contributed by atoms with Crippen LogP contribution in [0.4, 0.5) is 0 Å². The van der Waals surface area contributed by atoms with Gasteiger partial charge in [-0.15, -0.1) is 0 Å². The van der Waals surface area contributed by atoms with E-state index in [-0.39, 0.29) is 5.78 Å². The second kappa shape index (κ2) is 9.90. The molecular formula is C30H27N7O2. The first-order valence-corrected chi connectivity index (χ1v) is 13.4. The number of carbonyl (C=O) groups excluding carboxylic acids is 1. The van der Waals surface area contributed by atoms with E-state index in [2.05, 4.69) is 30.1 Å². The third-order valence-electron chi connectivity index (χ3n) is 7.63. The quantitative estimate of drug-likeness (QED) is 0.254. The third-order valence-corrected chi connectivity index (χ3v) is 7.63. The third kappa shape index (κ3) is 4.60. The van der Waals surface area contributed by atoms with E-state index in [9.17, 15) is 4.79 Å². The van der Waals surface area contributed by atoms with Gasteiger partial charge in [-0.05, 0) is 29.7 Å². The second-order valence-corrected chi connectivity index (χ2v) is 10.4. The number of aromatic amines is 2. The molecule has 0 amide bonds. The maximum atomic E-state index is 12.8. The molecule has 0 bridgehead atoms. The van der Waals surface area contributed by atoms with Crippen LogP contribution in [0, 0.1) is 5.92 Å². The van der Waals surface area contributed by atoms with Crippen LogP contribution >= 0.6 is 0 Å². The lowest BCUT2D eigenvalue weighted by molar-refractivity contribution is -0.119. The summed E-state index contributed by atoms with van der Waals surface area (Å²) in [6.45, 7) is 0. The van der Waals surface area contributed by atoms with Crippen molar-refractivity contribution in [3.8, 4) is 33.9 Å². The van der Waals surface area contributed by atoms with Crippen molar-refractivity contribution in [2.45, 2.75) is 44.9 Å². The lowest BCUT2D eigenvalue weighted by atomic mass is 9.85. The predicted octanol–water partition coefficient (Wildman–Crippen LogP) is 6.30. The van der Waals surface area contributed by atoms with E-state index in [1.54, 1.807) is 43.5 Å². The van der Waals surface area contributed by atoms with Gasteiger partial charge in [0.05, 0.1) is 41.6 Å². The number of ketones is 1. The number of pyridine rings is 3. The molecule has 6 aromatic heterocycles. The number of H-pyrrole nitrogens is 2. The van der Waals surface area contributed by atoms with Crippen LogP contribution in [0.3, 0.4) is 0 Å². The summed E-state index contributed by atoms with van der Waals surface area (Å²) >= 11 is 0. The maximum Gasteiger partial charge on any atom is 0.159 e. The summed E-state index contributed by atoms with van der Waals surface area (Å²) in [7, 11) is 0. The summed E-state index contributed by atoms with van der Waals surface area (Å²) in [5.74, 6) is 1.46. The minimum Gasteiger partial charge on any atom is -0.472 e. The minimum atomic E-state index is 0.288. The Morgan fingerprint density at radius 1 is 0.974 bits per heavy atom. The van der Waals surface area contributed by atoms with Gasteiger partial charge in [-0.25, -0.2) is 4.98 Å². The highest BCUT2D eigenvalue weighted by Gasteiger charge is 2.19. The molecule has 1 aliphatic carbocycles. The highest BCUT2D eigenvalue weighted by molar-refractivity contribution is 5.97. The van der Waals surface area contributed by atoms with Crippen LogP contribution in [0.2, 0.25) is 0 Å². The average Bonchev–Trinajstić information content (AvgIpc) is 3.73. The number of furan rings is 1. The zero-order chi connectivity index (χ0) is 26.2. The van der Waals surface area contributed by atoms with E-state index in [4.69, 9.17) is 9.40 Å². The fraction of sp³-hybridized carbons (Fsp3) is 0.267. The predicted molar refractivity (Wildman–Crippen MR) is 148 cm³/mol. The van der Waals surface area contributed by atoms with Gasteiger partial charge in [0.1, 0.15) is 17.0 Å². The van der Waals surface area contributed by atoms with E-state index >= 15 is 0 Å². The number of aromatic nitrogens is 7. The van der Waals surface area contributed by atoms with Gasteiger partial charge in [0.25, 0.3) is 0 Å². The second-order valence-electron chi connectivity index (χ2n) is 10.4. The van der Waals surface area contributed by atoms with Gasteiger partial charge in [0.2, 0.25) is 0 Å². The van der Waals surface area contributed by atoms with Gasteiger partial charge in [-0.1, -0.05) is 32.1 Å². The summed E-state index contributed by atoms with van der Waals surface area (Å²) in [6, 6.07) is 5.89. The van der Waals surface area contributed by atoms with Gasteiger partial charge in [-0.2, -0.15) is 5.10 Å². The smallest absolute Gasteiger partial charge is 0.159 e. The molecule has 2 N–H and O–H groups in total. The van der Waals surface area contributed by atoms with E-state index in [0.717, 1.165) is 49.9 Å². The molecule has 0 radical (unpaired) electrons. The normalized spacial score (nSPS) is 14.4. The number of carbonyl (C=O) groups is 1. The Bertz CT molecular complexity index is 1780. The van der Waals surface area contributed by atoms with Crippen LogP contribution in [0.5, 0.6) is 0 Å². The molecular weight excluding hydrogens is 490 g/mol. The fourth-order valence-electron chi connectivity index (χ4n) is 5.67. The molecule has 1 aliphatic rings. The van der Waals surface area contributed by atoms with Crippen LogP contribution in [0.15, 0.2) is 66.1 Å². The number of fused-ring (bicyclic) bond motifs is 2. The number of rotatable bonds is 7. The summed E-state index contributed by atoms with van der Waals surface area (Å²) in [4.78, 5) is 34.4. The number of nitrogens with one attached hydrogen (secondary N) is 2. The van der Waals surface area contributed by atoms with Gasteiger partial charge >= 0.3 is 0 Å². The molecule has 1 fully saturated rings. The summed E-state index contributed by atoms with van der Waals surface area (Å²) in [6.07, 6.45) is 19.4. The number of hydrogen-bond acceptors (Lipinski definition) is 7. The Morgan fingerprint density at radius 3 is 2.74 bits per heavy atom. The van der Waals surface area contributed by atoms with Gasteiger partial charge in [0.15, 0.2) is 5.82 Å². The van der Waals surface area contributed by atoms with Crippen molar-refractivity contribution in [3.05, 3.63) is 67.3 Å². The molecule has 6 heterocycles. The monoisotopic (exact) mass is 517 g/mol. The van der Waals surface area contributed by atoms with Crippen LogP contribution in [0.1, 0.15) is 44.1 Å². The highest BCUT2D eigenvalue weighted by atomic mass is 16.3. The van der Waals surface area contributed by atoms with Crippen LogP contribution in [-0.4, -0.2) is 40.9 Å². The summed E-state index contributed by atoms with van der Waals surface area (Å²) in [5.41, 5.74) is 7.42. The van der Waals surface area contributed by atoms with Crippen LogP contribution in [0.25, 0.3) is 55.8 Å². The topological polar surface area (TPSA) is 126 Å². The Labute approximate surface area is 224 Å². The zero-order valence-electron chi connectivity index (χ0n) is 21.4. The summed E-state index contributed by atoms with van der Waals surface area (Å²) in [5, 5.41) is 8.49. The molecule has 0 spiro atoms. The molecule has 0 unspecified atom stereocenters. The fourth-order valence-corrected chi connectivity index (χ4v) is 5.67. The molecule has 9 nitrogen and oxygen atoms in total. The van der Waals surface area contributed by atoms with Gasteiger partial charge in [-0.3, -0.25) is 24.8 Å². The lowest BCUT2D eigenvalue weighted by Gasteiger charge is -2.20. The van der Waals surface area contributed by atoms with E-state index in [1.807, 2.05) is 18.2 Å². The molecule has 6 aromatic rings. The first-order chi connectivity index (χ1) is 19.2. The lowest BCUT2D eigenvalue weighted by Crippen LogP contribution is -2.13. The number of imidazole rings is 1. The molecule has 1 saturated carbocycles. The molecule has 39 heavy (non-hydrogen) atoms. The average molecular weight is 518 g/mol. The van der Waals surface area contributed by atoms with Crippen LogP contribution in [-0.2, 0) is 11.2 Å². The number of nitrogens with zero attached hydrogens (tertiary/aromatic N) is 5. The van der Waals surface area contributed by atoms with E-state index in [0.29, 0.717) is 30.3 Å². The zero-order valence-corrected chi connectivity index (χ0v) is 21.4. The summed E-state index contributed by atoms with van der Waals surface area (Å²) < 4.78 is 5.26. The van der Waals surface area contributed by atoms with Crippen molar-refractivity contribution in [1.82, 2.24) is 35.1 Å². The van der Waals surface area contributed by atoms with E-state index in [1.165, 1.54) is 32.1 Å². The molecule has 0 saturated heterocycles. The van der Waals surface area contributed by atoms with Crippen molar-refractivity contribution < 1.29 is 9.21 Å². The van der Waals surface area contributed by atoms with Crippen molar-refractivity contribution >= 4 is 27.7 Å². The molecule has 7 rings (SSSR count). The molecule has 0 atom stereocenters. The van der Waals surface area contributed by atoms with Crippen molar-refractivity contribution in [1.29, 1.82) is 0 Å². The van der Waals surface area contributed by atoms with E-state index < -0.39 is 0 Å². The van der Waals surface area contributed by atoms with Gasteiger partial charge < -0.3 is 9.40 Å². The van der Waals surface area contributed by atoms with Crippen molar-refractivity contribution in [3.63, 3.8) is 0 Å². The molecule has 9 heteroatoms. The van der Waals surface area contributed by atoms with Gasteiger partial charge in [0, 0.05) is 53.5 Å². The molecule has 194 valence electrons. The number of hydrogen-bond donors (Lipinski definition) is 2. The Hall–Kier alpha value is -4.66. The Kier molecular flexibility index (Phi) is 5.96. The number of Topliss-reactive ketones (excluding diaryl/α,β-unsaturated/α-hetero) is 1. The first-order valence-electron chi connectivity index (χ1n) is 13.4. The highest BCUT2D eigenvalue weighted by Crippen LogP contribution is 2.32. The van der Waals surface area contributed by atoms with Crippen molar-refractivity contribution in [2.24, 2.45) is 5.92 Å². The molecule has 0 aromatic carbocycles. The standard InChI is InChI=1S/C30H27N7O2/c38-22(9-18-4-2-1-3-5-18)10-19-8-21(13-31-12-19)25-11-23-26(16-33-25)36-37-29(23)30-34-27-15-32-14-24(28(27)35-30)20-6-7-39-17-20/h6-8,11-18H,1-5,9-10H2,(H,34,35)(H,36,37). The SMILES string of the molecule is O=C(Cc1cncc(-c2cc3c(-c4nc5c(-c6ccoc6)cncc5[nH]4)n[nH]c3cn2)c1)CC1CCCCC1. The largest absolute Gasteiger partial charge is 0.472 e. The van der Waals surface area contributed by atoms with Crippen LogP contribution < -0.4 is 0 Å². The van der Waals surface area contributed by atoms with Crippen molar-refractivity contribution in [2.75, 3.05) is 0 Å². The minimum absolute atomic E-state index is 0.288.